The second-order valence-corrected chi connectivity index (χ2v) is 7.58. The van der Waals surface area contributed by atoms with Gasteiger partial charge in [-0.3, -0.25) is 4.79 Å². The van der Waals surface area contributed by atoms with Gasteiger partial charge in [0.2, 0.25) is 5.78 Å². The van der Waals surface area contributed by atoms with E-state index in [1.54, 1.807) is 18.4 Å². The van der Waals surface area contributed by atoms with Crippen molar-refractivity contribution in [3.05, 3.63) is 50.2 Å². The minimum atomic E-state index is 0.133. The van der Waals surface area contributed by atoms with Crippen LogP contribution in [0.25, 0.3) is 0 Å². The number of thiophene rings is 1. The molecule has 0 N–H and O–H groups in total. The summed E-state index contributed by atoms with van der Waals surface area (Å²) in [6, 6.07) is 5.95. The first-order chi connectivity index (χ1) is 10.1. The maximum atomic E-state index is 12.7. The molecule has 21 heavy (non-hydrogen) atoms. The molecule has 0 fully saturated rings. The third kappa shape index (κ3) is 2.74. The van der Waals surface area contributed by atoms with Gasteiger partial charge in [0.05, 0.1) is 12.0 Å². The van der Waals surface area contributed by atoms with Gasteiger partial charge >= 0.3 is 0 Å². The first-order valence-corrected chi connectivity index (χ1v) is 8.96. The zero-order valence-electron chi connectivity index (χ0n) is 12.5. The van der Waals surface area contributed by atoms with E-state index in [9.17, 15) is 4.79 Å². The summed E-state index contributed by atoms with van der Waals surface area (Å²) in [5.74, 6) is 3.21. The van der Waals surface area contributed by atoms with Gasteiger partial charge in [0, 0.05) is 16.2 Å². The van der Waals surface area contributed by atoms with Crippen molar-refractivity contribution in [2.24, 2.45) is 0 Å². The predicted molar refractivity (Wildman–Crippen MR) is 90.1 cm³/mol. The molecule has 3 rings (SSSR count). The summed E-state index contributed by atoms with van der Waals surface area (Å²) >= 11 is 3.61. The average molecular weight is 318 g/mol. The molecule has 0 amide bonds. The molecule has 110 valence electrons. The van der Waals surface area contributed by atoms with Crippen molar-refractivity contribution in [3.8, 4) is 5.75 Å². The molecule has 0 atom stereocenters. The highest BCUT2D eigenvalue weighted by atomic mass is 32.2. The average Bonchev–Trinajstić information content (AvgIpc) is 2.90. The Morgan fingerprint density at radius 2 is 1.90 bits per heavy atom. The van der Waals surface area contributed by atoms with E-state index in [0.29, 0.717) is 0 Å². The van der Waals surface area contributed by atoms with Crippen LogP contribution in [0, 0.1) is 13.8 Å². The molecule has 0 spiro atoms. The van der Waals surface area contributed by atoms with E-state index in [1.807, 2.05) is 37.7 Å². The molecule has 0 unspecified atom stereocenters. The van der Waals surface area contributed by atoms with Gasteiger partial charge in [-0.15, -0.1) is 11.3 Å². The number of ether oxygens (including phenoxy) is 1. The third-order valence-electron chi connectivity index (χ3n) is 3.78. The molecule has 0 aliphatic carbocycles. The van der Waals surface area contributed by atoms with Crippen LogP contribution in [-0.2, 0) is 12.2 Å². The third-order valence-corrected chi connectivity index (χ3v) is 6.02. The number of methoxy groups -OCH3 is 1. The van der Waals surface area contributed by atoms with Crippen LogP contribution in [0.1, 0.15) is 36.8 Å². The molecule has 1 aromatic heterocycles. The first-order valence-electron chi connectivity index (χ1n) is 6.99. The number of hydrogen-bond donors (Lipinski definition) is 0. The zero-order chi connectivity index (χ0) is 15.0. The topological polar surface area (TPSA) is 26.3 Å². The van der Waals surface area contributed by atoms with E-state index in [0.717, 1.165) is 39.5 Å². The smallest absolute Gasteiger partial charge is 0.202 e. The van der Waals surface area contributed by atoms with E-state index < -0.39 is 0 Å². The summed E-state index contributed by atoms with van der Waals surface area (Å²) < 4.78 is 5.37. The largest absolute Gasteiger partial charge is 0.496 e. The van der Waals surface area contributed by atoms with E-state index in [2.05, 4.69) is 6.07 Å². The van der Waals surface area contributed by atoms with Gasteiger partial charge in [-0.1, -0.05) is 0 Å². The van der Waals surface area contributed by atoms with Crippen LogP contribution < -0.4 is 4.74 Å². The normalized spacial score (nSPS) is 13.9. The predicted octanol–water partition coefficient (Wildman–Crippen LogP) is 4.39. The molecule has 0 saturated carbocycles. The first kappa shape index (κ1) is 14.7. The molecule has 2 heterocycles. The molecular weight excluding hydrogens is 300 g/mol. The summed E-state index contributed by atoms with van der Waals surface area (Å²) in [4.78, 5) is 15.0. The van der Waals surface area contributed by atoms with Crippen LogP contribution in [0.15, 0.2) is 18.2 Å². The monoisotopic (exact) mass is 318 g/mol. The van der Waals surface area contributed by atoms with E-state index >= 15 is 0 Å². The Morgan fingerprint density at radius 3 is 2.52 bits per heavy atom. The fourth-order valence-electron chi connectivity index (χ4n) is 2.80. The van der Waals surface area contributed by atoms with Crippen LogP contribution >= 0.6 is 23.1 Å². The molecule has 1 aliphatic heterocycles. The van der Waals surface area contributed by atoms with Crippen molar-refractivity contribution in [3.63, 3.8) is 0 Å². The van der Waals surface area contributed by atoms with Crippen molar-refractivity contribution in [1.29, 1.82) is 0 Å². The second-order valence-electron chi connectivity index (χ2n) is 5.33. The van der Waals surface area contributed by atoms with Crippen LogP contribution in [0.5, 0.6) is 5.75 Å². The quantitative estimate of drug-likeness (QED) is 0.785. The Morgan fingerprint density at radius 1 is 1.19 bits per heavy atom. The van der Waals surface area contributed by atoms with Crippen molar-refractivity contribution >= 4 is 28.9 Å². The highest BCUT2D eigenvalue weighted by molar-refractivity contribution is 7.98. The Hall–Kier alpha value is -1.26. The van der Waals surface area contributed by atoms with Crippen LogP contribution in [0.3, 0.4) is 0 Å². The molecular formula is C17H18O2S2. The summed E-state index contributed by atoms with van der Waals surface area (Å²) in [7, 11) is 1.67. The van der Waals surface area contributed by atoms with Crippen molar-refractivity contribution < 1.29 is 9.53 Å². The lowest BCUT2D eigenvalue weighted by atomic mass is 10.0. The highest BCUT2D eigenvalue weighted by Crippen LogP contribution is 2.33. The van der Waals surface area contributed by atoms with Crippen LogP contribution in [0.4, 0.5) is 0 Å². The van der Waals surface area contributed by atoms with Gasteiger partial charge < -0.3 is 4.74 Å². The molecule has 1 aromatic carbocycles. The Bertz CT molecular complexity index is 654. The van der Waals surface area contributed by atoms with E-state index in [1.165, 1.54) is 16.2 Å². The summed E-state index contributed by atoms with van der Waals surface area (Å²) in [6.45, 7) is 3.97. The fraction of sp³-hybridized carbons (Fsp3) is 0.353. The van der Waals surface area contributed by atoms with Gasteiger partial charge in [0.1, 0.15) is 5.75 Å². The maximum absolute atomic E-state index is 12.7. The van der Waals surface area contributed by atoms with Crippen molar-refractivity contribution in [2.75, 3.05) is 12.9 Å². The minimum absolute atomic E-state index is 0.133. The number of benzene rings is 1. The summed E-state index contributed by atoms with van der Waals surface area (Å²) in [6.07, 6.45) is 1.10. The van der Waals surface area contributed by atoms with Crippen LogP contribution in [0.2, 0.25) is 0 Å². The maximum Gasteiger partial charge on any atom is 0.202 e. The molecule has 0 bridgehead atoms. The van der Waals surface area contributed by atoms with Gasteiger partial charge in [-0.2, -0.15) is 11.8 Å². The lowest BCUT2D eigenvalue weighted by molar-refractivity contribution is 0.104. The van der Waals surface area contributed by atoms with Gasteiger partial charge in [0.25, 0.3) is 0 Å². The fourth-order valence-corrected chi connectivity index (χ4v) is 5.14. The SMILES string of the molecule is COc1c(C)cc(C(=O)c2cc3c(s2)CCSC3)cc1C. The Balaban J connectivity index is 1.97. The van der Waals surface area contributed by atoms with Gasteiger partial charge in [0.15, 0.2) is 0 Å². The van der Waals surface area contributed by atoms with E-state index in [4.69, 9.17) is 4.74 Å². The van der Waals surface area contributed by atoms with Crippen molar-refractivity contribution in [1.82, 2.24) is 0 Å². The number of ketones is 1. The summed E-state index contributed by atoms with van der Waals surface area (Å²) in [5.41, 5.74) is 4.13. The molecule has 1 aliphatic rings. The lowest BCUT2D eigenvalue weighted by Crippen LogP contribution is -2.01. The number of fused-ring (bicyclic) bond motifs is 1. The zero-order valence-corrected chi connectivity index (χ0v) is 14.1. The Kier molecular flexibility index (Phi) is 4.09. The number of aryl methyl sites for hydroxylation is 3. The highest BCUT2D eigenvalue weighted by Gasteiger charge is 2.19. The van der Waals surface area contributed by atoms with Gasteiger partial charge in [-0.05, 0) is 60.9 Å². The number of carbonyl (C=O) groups is 1. The summed E-state index contributed by atoms with van der Waals surface area (Å²) in [5, 5.41) is 0. The number of thioether (sulfide) groups is 1. The number of carbonyl (C=O) groups excluding carboxylic acids is 1. The van der Waals surface area contributed by atoms with E-state index in [-0.39, 0.29) is 5.78 Å². The lowest BCUT2D eigenvalue weighted by Gasteiger charge is -2.10. The van der Waals surface area contributed by atoms with Gasteiger partial charge in [-0.25, -0.2) is 0 Å². The molecule has 2 nitrogen and oxygen atoms in total. The Labute approximate surface area is 133 Å². The van der Waals surface area contributed by atoms with Crippen LogP contribution in [-0.4, -0.2) is 18.6 Å². The number of rotatable bonds is 3. The molecule has 2 aromatic rings. The molecule has 0 saturated heterocycles. The standard InChI is InChI=1S/C17H18O2S2/c1-10-6-12(7-11(2)17(10)19-3)16(18)15-8-13-9-20-5-4-14(13)21-15/h6-8H,4-5,9H2,1-3H3. The van der Waals surface area contributed by atoms with Crippen molar-refractivity contribution in [2.45, 2.75) is 26.0 Å². The minimum Gasteiger partial charge on any atom is -0.496 e. The molecule has 0 radical (unpaired) electrons. The second kappa shape index (κ2) is 5.85. The number of hydrogen-bond acceptors (Lipinski definition) is 4. The molecule has 4 heteroatoms.